The second-order valence-electron chi connectivity index (χ2n) is 2.07. The normalized spacial score (nSPS) is 7.92. The molecule has 0 unspecified atom stereocenters. The van der Waals surface area contributed by atoms with Gasteiger partial charge in [0.05, 0.1) is 7.11 Å². The van der Waals surface area contributed by atoms with Gasteiger partial charge in [0.2, 0.25) is 0 Å². The summed E-state index contributed by atoms with van der Waals surface area (Å²) < 4.78 is 17.0. The monoisotopic (exact) mass is 168 g/mol. The third-order valence-electron chi connectivity index (χ3n) is 1.05. The Hall–Kier alpha value is -1.31. The van der Waals surface area contributed by atoms with Crippen molar-refractivity contribution in [1.82, 2.24) is 0 Å². The predicted octanol–water partition coefficient (Wildman–Crippen LogP) is 3.03. The van der Waals surface area contributed by atoms with Crippen LogP contribution in [0.15, 0.2) is 36.9 Å². The Morgan fingerprint density at radius 2 is 1.75 bits per heavy atom. The van der Waals surface area contributed by atoms with Crippen molar-refractivity contribution in [3.05, 3.63) is 42.7 Å². The van der Waals surface area contributed by atoms with Crippen molar-refractivity contribution in [2.75, 3.05) is 7.11 Å². The van der Waals surface area contributed by atoms with Gasteiger partial charge in [-0.3, -0.25) is 0 Å². The van der Waals surface area contributed by atoms with E-state index in [2.05, 4.69) is 6.58 Å². The molecule has 1 aromatic carbocycles. The number of allylic oxidation sites excluding steroid dienone is 1. The van der Waals surface area contributed by atoms with Crippen LogP contribution in [0.4, 0.5) is 4.39 Å². The average molecular weight is 168 g/mol. The lowest BCUT2D eigenvalue weighted by atomic mass is 10.3. The molecule has 0 amide bonds. The number of ether oxygens (including phenoxy) is 1. The average Bonchev–Trinajstić information content (AvgIpc) is 2.07. The molecule has 0 radical (unpaired) electrons. The van der Waals surface area contributed by atoms with E-state index in [1.807, 2.05) is 6.92 Å². The van der Waals surface area contributed by atoms with E-state index < -0.39 is 0 Å². The molecule has 0 atom stereocenters. The van der Waals surface area contributed by atoms with E-state index >= 15 is 0 Å². The molecule has 0 aliphatic heterocycles. The van der Waals surface area contributed by atoms with E-state index in [1.165, 1.54) is 12.1 Å². The first-order valence-corrected chi connectivity index (χ1v) is 3.61. The van der Waals surface area contributed by atoms with Gasteiger partial charge in [-0.25, -0.2) is 4.39 Å². The SMILES string of the molecule is C=CC.COc1ccc(F)cc1. The molecule has 2 heteroatoms. The largest absolute Gasteiger partial charge is 0.497 e. The quantitative estimate of drug-likeness (QED) is 0.586. The maximum absolute atomic E-state index is 12.2. The molecular formula is C10H13FO. The summed E-state index contributed by atoms with van der Waals surface area (Å²) in [4.78, 5) is 0. The minimum Gasteiger partial charge on any atom is -0.497 e. The highest BCUT2D eigenvalue weighted by Gasteiger charge is 1.88. The number of benzene rings is 1. The van der Waals surface area contributed by atoms with Crippen molar-refractivity contribution in [3.63, 3.8) is 0 Å². The highest BCUT2D eigenvalue weighted by molar-refractivity contribution is 5.21. The van der Waals surface area contributed by atoms with Crippen LogP contribution in [-0.2, 0) is 0 Å². The van der Waals surface area contributed by atoms with Gasteiger partial charge in [0.25, 0.3) is 0 Å². The van der Waals surface area contributed by atoms with Gasteiger partial charge < -0.3 is 4.74 Å². The van der Waals surface area contributed by atoms with Crippen LogP contribution >= 0.6 is 0 Å². The van der Waals surface area contributed by atoms with Crippen LogP contribution in [0.25, 0.3) is 0 Å². The van der Waals surface area contributed by atoms with Gasteiger partial charge in [-0.05, 0) is 31.2 Å². The summed E-state index contributed by atoms with van der Waals surface area (Å²) in [6, 6.07) is 5.88. The number of methoxy groups -OCH3 is 1. The van der Waals surface area contributed by atoms with Crippen LogP contribution in [0.5, 0.6) is 5.75 Å². The minimum atomic E-state index is -0.240. The zero-order valence-corrected chi connectivity index (χ0v) is 7.38. The zero-order valence-electron chi connectivity index (χ0n) is 7.38. The number of rotatable bonds is 1. The summed E-state index contributed by atoms with van der Waals surface area (Å²) in [5.41, 5.74) is 0. The predicted molar refractivity (Wildman–Crippen MR) is 48.8 cm³/mol. The second kappa shape index (κ2) is 6.40. The molecule has 0 heterocycles. The molecule has 0 saturated carbocycles. The molecule has 66 valence electrons. The Kier molecular flexibility index (Phi) is 5.70. The summed E-state index contributed by atoms with van der Waals surface area (Å²) in [5.74, 6) is 0.437. The van der Waals surface area contributed by atoms with Gasteiger partial charge in [-0.15, -0.1) is 6.58 Å². The molecule has 0 aliphatic rings. The van der Waals surface area contributed by atoms with Crippen LogP contribution in [0, 0.1) is 5.82 Å². The van der Waals surface area contributed by atoms with Crippen molar-refractivity contribution in [3.8, 4) is 5.75 Å². The molecule has 0 bridgehead atoms. The summed E-state index contributed by atoms with van der Waals surface area (Å²) in [5, 5.41) is 0. The Morgan fingerprint density at radius 1 is 1.33 bits per heavy atom. The van der Waals surface area contributed by atoms with Crippen molar-refractivity contribution in [1.29, 1.82) is 0 Å². The van der Waals surface area contributed by atoms with Crippen molar-refractivity contribution < 1.29 is 9.13 Å². The second-order valence-corrected chi connectivity index (χ2v) is 2.07. The van der Waals surface area contributed by atoms with Crippen LogP contribution in [0.3, 0.4) is 0 Å². The lowest BCUT2D eigenvalue weighted by molar-refractivity contribution is 0.413. The molecule has 12 heavy (non-hydrogen) atoms. The smallest absolute Gasteiger partial charge is 0.123 e. The van der Waals surface area contributed by atoms with E-state index in [0.717, 1.165) is 0 Å². The zero-order chi connectivity index (χ0) is 9.40. The van der Waals surface area contributed by atoms with Crippen molar-refractivity contribution in [2.45, 2.75) is 6.92 Å². The molecule has 0 spiro atoms. The lowest BCUT2D eigenvalue weighted by Crippen LogP contribution is -1.80. The summed E-state index contributed by atoms with van der Waals surface area (Å²) in [6.07, 6.45) is 1.75. The van der Waals surface area contributed by atoms with Gasteiger partial charge in [0.1, 0.15) is 11.6 Å². The van der Waals surface area contributed by atoms with Gasteiger partial charge >= 0.3 is 0 Å². The van der Waals surface area contributed by atoms with Crippen molar-refractivity contribution >= 4 is 0 Å². The number of hydrogen-bond acceptors (Lipinski definition) is 1. The fourth-order valence-corrected chi connectivity index (χ4v) is 0.571. The fraction of sp³-hybridized carbons (Fsp3) is 0.200. The molecule has 1 rings (SSSR count). The van der Waals surface area contributed by atoms with E-state index in [9.17, 15) is 4.39 Å². The third kappa shape index (κ3) is 4.50. The lowest BCUT2D eigenvalue weighted by Gasteiger charge is -1.95. The van der Waals surface area contributed by atoms with Crippen molar-refractivity contribution in [2.24, 2.45) is 0 Å². The molecule has 0 N–H and O–H groups in total. The molecule has 0 aliphatic carbocycles. The molecule has 0 saturated heterocycles. The Labute approximate surface area is 72.5 Å². The molecular weight excluding hydrogens is 155 g/mol. The van der Waals surface area contributed by atoms with Gasteiger partial charge in [0.15, 0.2) is 0 Å². The Morgan fingerprint density at radius 3 is 2.08 bits per heavy atom. The fourth-order valence-electron chi connectivity index (χ4n) is 0.571. The van der Waals surface area contributed by atoms with Gasteiger partial charge in [0, 0.05) is 0 Å². The number of hydrogen-bond donors (Lipinski definition) is 0. The van der Waals surface area contributed by atoms with Crippen LogP contribution in [0.1, 0.15) is 6.92 Å². The van der Waals surface area contributed by atoms with E-state index in [-0.39, 0.29) is 5.82 Å². The summed E-state index contributed by atoms with van der Waals surface area (Å²) in [6.45, 7) is 5.25. The highest BCUT2D eigenvalue weighted by atomic mass is 19.1. The molecule has 0 aromatic heterocycles. The minimum absolute atomic E-state index is 0.240. The van der Waals surface area contributed by atoms with Crippen LogP contribution in [0.2, 0.25) is 0 Å². The molecule has 1 nitrogen and oxygen atoms in total. The third-order valence-corrected chi connectivity index (χ3v) is 1.05. The van der Waals surface area contributed by atoms with Crippen LogP contribution < -0.4 is 4.74 Å². The summed E-state index contributed by atoms with van der Waals surface area (Å²) in [7, 11) is 1.55. The maximum atomic E-state index is 12.2. The van der Waals surface area contributed by atoms with E-state index in [1.54, 1.807) is 25.3 Å². The maximum Gasteiger partial charge on any atom is 0.123 e. The first-order valence-electron chi connectivity index (χ1n) is 3.61. The van der Waals surface area contributed by atoms with Gasteiger partial charge in [-0.2, -0.15) is 0 Å². The van der Waals surface area contributed by atoms with Crippen LogP contribution in [-0.4, -0.2) is 7.11 Å². The number of halogens is 1. The topological polar surface area (TPSA) is 9.23 Å². The van der Waals surface area contributed by atoms with E-state index in [4.69, 9.17) is 4.74 Å². The Bertz CT molecular complexity index is 216. The first-order chi connectivity index (χ1) is 5.74. The summed E-state index contributed by atoms with van der Waals surface area (Å²) >= 11 is 0. The first kappa shape index (κ1) is 10.7. The Balaban J connectivity index is 0.000000354. The standard InChI is InChI=1S/C7H7FO.C3H6/c1-9-7-4-2-6(8)3-5-7;1-3-2/h2-5H,1H3;3H,1H2,2H3. The van der Waals surface area contributed by atoms with E-state index in [0.29, 0.717) is 5.75 Å². The molecule has 1 aromatic rings. The highest BCUT2D eigenvalue weighted by Crippen LogP contribution is 2.08. The van der Waals surface area contributed by atoms with Gasteiger partial charge in [-0.1, -0.05) is 6.08 Å². The molecule has 0 fully saturated rings.